The van der Waals surface area contributed by atoms with E-state index in [4.69, 9.17) is 0 Å². The highest BCUT2D eigenvalue weighted by atomic mass is 32.2. The molecular weight excluding hydrogens is 256 g/mol. The van der Waals surface area contributed by atoms with Crippen LogP contribution >= 0.6 is 12.6 Å². The fraction of sp³-hybridized carbons (Fsp3) is 0.455. The van der Waals surface area contributed by atoms with E-state index in [0.717, 1.165) is 12.2 Å². The van der Waals surface area contributed by atoms with Crippen molar-refractivity contribution in [3.63, 3.8) is 0 Å². The van der Waals surface area contributed by atoms with Crippen molar-refractivity contribution in [2.75, 3.05) is 25.0 Å². The van der Waals surface area contributed by atoms with E-state index < -0.39 is 10.0 Å². The van der Waals surface area contributed by atoms with Crippen LogP contribution in [0, 0.1) is 0 Å². The average Bonchev–Trinajstić information content (AvgIpc) is 2.26. The maximum atomic E-state index is 12.1. The van der Waals surface area contributed by atoms with Crippen LogP contribution in [-0.4, -0.2) is 37.6 Å². The minimum Gasteiger partial charge on any atom is -0.385 e. The maximum absolute atomic E-state index is 12.1. The molecule has 17 heavy (non-hydrogen) atoms. The largest absolute Gasteiger partial charge is 0.385 e. The predicted molar refractivity (Wildman–Crippen MR) is 72.1 cm³/mol. The van der Waals surface area contributed by atoms with Gasteiger partial charge >= 0.3 is 0 Å². The smallest absolute Gasteiger partial charge is 0.243 e. The number of benzene rings is 1. The van der Waals surface area contributed by atoms with Gasteiger partial charge in [0.25, 0.3) is 0 Å². The molecular formula is C11H16N2O2S2. The summed E-state index contributed by atoms with van der Waals surface area (Å²) in [5, 5.41) is 3.30. The average molecular weight is 272 g/mol. The Bertz CT molecular complexity index is 479. The number of sulfonamides is 1. The minimum atomic E-state index is -3.31. The lowest BCUT2D eigenvalue weighted by atomic mass is 10.3. The zero-order valence-corrected chi connectivity index (χ0v) is 11.3. The molecule has 0 saturated carbocycles. The van der Waals surface area contributed by atoms with Crippen LogP contribution in [0.15, 0.2) is 29.2 Å². The van der Waals surface area contributed by atoms with Gasteiger partial charge in [-0.2, -0.15) is 16.9 Å². The summed E-state index contributed by atoms with van der Waals surface area (Å²) in [5.41, 5.74) is 0.933. The highest BCUT2D eigenvalue weighted by Gasteiger charge is 2.34. The number of nitrogens with one attached hydrogen (secondary N) is 1. The number of hydrogen-bond acceptors (Lipinski definition) is 4. The van der Waals surface area contributed by atoms with E-state index in [1.54, 1.807) is 24.3 Å². The lowest BCUT2D eigenvalue weighted by molar-refractivity contribution is 0.321. The molecule has 0 aliphatic carbocycles. The van der Waals surface area contributed by atoms with Crippen molar-refractivity contribution in [2.45, 2.75) is 17.1 Å². The van der Waals surface area contributed by atoms with Crippen LogP contribution in [0.25, 0.3) is 0 Å². The topological polar surface area (TPSA) is 49.4 Å². The third-order valence-electron chi connectivity index (χ3n) is 2.70. The molecule has 4 nitrogen and oxygen atoms in total. The number of hydrogen-bond donors (Lipinski definition) is 2. The van der Waals surface area contributed by atoms with Crippen LogP contribution in [-0.2, 0) is 10.0 Å². The highest BCUT2D eigenvalue weighted by molar-refractivity contribution is 7.89. The van der Waals surface area contributed by atoms with Gasteiger partial charge < -0.3 is 5.32 Å². The lowest BCUT2D eigenvalue weighted by Crippen LogP contribution is -2.50. The molecule has 0 atom stereocenters. The second-order valence-electron chi connectivity index (χ2n) is 4.03. The number of rotatable bonds is 4. The third-order valence-corrected chi connectivity index (χ3v) is 4.87. The van der Waals surface area contributed by atoms with Gasteiger partial charge in [0.1, 0.15) is 0 Å². The molecule has 1 aromatic rings. The molecule has 0 radical (unpaired) electrons. The number of thiol groups is 1. The first-order valence-electron chi connectivity index (χ1n) is 5.56. The van der Waals surface area contributed by atoms with E-state index >= 15 is 0 Å². The van der Waals surface area contributed by atoms with E-state index in [-0.39, 0.29) is 5.25 Å². The number of anilines is 1. The Morgan fingerprint density at radius 1 is 1.35 bits per heavy atom. The van der Waals surface area contributed by atoms with Gasteiger partial charge in [-0.25, -0.2) is 8.42 Å². The van der Waals surface area contributed by atoms with E-state index in [9.17, 15) is 8.42 Å². The molecule has 1 saturated heterocycles. The molecule has 0 amide bonds. The summed E-state index contributed by atoms with van der Waals surface area (Å²) in [6.07, 6.45) is 0. The van der Waals surface area contributed by atoms with Crippen LogP contribution in [0.2, 0.25) is 0 Å². The van der Waals surface area contributed by atoms with Crippen molar-refractivity contribution >= 4 is 28.3 Å². The van der Waals surface area contributed by atoms with Crippen LogP contribution in [0.4, 0.5) is 5.69 Å². The Morgan fingerprint density at radius 2 is 1.94 bits per heavy atom. The Kier molecular flexibility index (Phi) is 3.65. The molecule has 0 spiro atoms. The summed E-state index contributed by atoms with van der Waals surface area (Å²) in [6.45, 7) is 3.82. The van der Waals surface area contributed by atoms with Gasteiger partial charge in [-0.05, 0) is 31.2 Å². The Hall–Kier alpha value is -0.720. The van der Waals surface area contributed by atoms with Crippen molar-refractivity contribution in [1.29, 1.82) is 0 Å². The maximum Gasteiger partial charge on any atom is 0.243 e. The second kappa shape index (κ2) is 4.88. The second-order valence-corrected chi connectivity index (χ2v) is 6.70. The van der Waals surface area contributed by atoms with E-state index in [0.29, 0.717) is 18.0 Å². The fourth-order valence-corrected chi connectivity index (χ4v) is 3.86. The molecule has 94 valence electrons. The highest BCUT2D eigenvalue weighted by Crippen LogP contribution is 2.24. The van der Waals surface area contributed by atoms with Crippen molar-refractivity contribution < 1.29 is 8.42 Å². The first kappa shape index (κ1) is 12.7. The quantitative estimate of drug-likeness (QED) is 0.815. The monoisotopic (exact) mass is 272 g/mol. The molecule has 2 rings (SSSR count). The fourth-order valence-electron chi connectivity index (χ4n) is 1.71. The van der Waals surface area contributed by atoms with Gasteiger partial charge in [-0.1, -0.05) is 0 Å². The Morgan fingerprint density at radius 3 is 2.41 bits per heavy atom. The standard InChI is InChI=1S/C11H16N2O2S2/c1-2-12-9-3-5-11(6-4-9)17(14,15)13-7-10(16)8-13/h3-6,10,12,16H,2,7-8H2,1H3. The SMILES string of the molecule is CCNc1ccc(S(=O)(=O)N2CC(S)C2)cc1. The molecule has 1 heterocycles. The molecule has 6 heteroatoms. The summed E-state index contributed by atoms with van der Waals surface area (Å²) in [6, 6.07) is 6.85. The molecule has 1 aliphatic heterocycles. The third kappa shape index (κ3) is 2.59. The predicted octanol–water partition coefficient (Wildman–Crippen LogP) is 1.42. The van der Waals surface area contributed by atoms with Gasteiger partial charge in [-0.15, -0.1) is 0 Å². The van der Waals surface area contributed by atoms with Gasteiger partial charge in [0.15, 0.2) is 0 Å². The molecule has 0 bridgehead atoms. The van der Waals surface area contributed by atoms with Gasteiger partial charge in [0.2, 0.25) is 10.0 Å². The normalized spacial score (nSPS) is 17.8. The summed E-state index contributed by atoms with van der Waals surface area (Å²) in [7, 11) is -3.31. The van der Waals surface area contributed by atoms with Crippen LogP contribution in [0.3, 0.4) is 0 Å². The molecule has 1 aromatic carbocycles. The van der Waals surface area contributed by atoms with Gasteiger partial charge in [-0.3, -0.25) is 0 Å². The van der Waals surface area contributed by atoms with Crippen molar-refractivity contribution in [3.05, 3.63) is 24.3 Å². The summed E-state index contributed by atoms with van der Waals surface area (Å²) < 4.78 is 25.7. The zero-order chi connectivity index (χ0) is 12.5. The molecule has 1 aliphatic rings. The van der Waals surface area contributed by atoms with E-state index in [1.807, 2.05) is 6.92 Å². The van der Waals surface area contributed by atoms with Crippen LogP contribution in [0.1, 0.15) is 6.92 Å². The zero-order valence-electron chi connectivity index (χ0n) is 9.63. The van der Waals surface area contributed by atoms with E-state index in [2.05, 4.69) is 17.9 Å². The minimum absolute atomic E-state index is 0.172. The Balaban J connectivity index is 2.16. The lowest BCUT2D eigenvalue weighted by Gasteiger charge is -2.35. The van der Waals surface area contributed by atoms with Crippen molar-refractivity contribution in [3.8, 4) is 0 Å². The Labute approximate surface area is 107 Å². The number of nitrogens with zero attached hydrogens (tertiary/aromatic N) is 1. The molecule has 1 N–H and O–H groups in total. The first-order chi connectivity index (χ1) is 8.04. The van der Waals surface area contributed by atoms with Crippen LogP contribution < -0.4 is 5.32 Å². The summed E-state index contributed by atoms with van der Waals surface area (Å²) in [5.74, 6) is 0. The van der Waals surface area contributed by atoms with Crippen LogP contribution in [0.5, 0.6) is 0 Å². The van der Waals surface area contributed by atoms with Gasteiger partial charge in [0, 0.05) is 30.6 Å². The molecule has 1 fully saturated rings. The summed E-state index contributed by atoms with van der Waals surface area (Å²) >= 11 is 4.22. The van der Waals surface area contributed by atoms with Crippen molar-refractivity contribution in [1.82, 2.24) is 4.31 Å². The molecule has 0 unspecified atom stereocenters. The first-order valence-corrected chi connectivity index (χ1v) is 7.52. The van der Waals surface area contributed by atoms with E-state index in [1.165, 1.54) is 4.31 Å². The molecule has 0 aromatic heterocycles. The summed E-state index contributed by atoms with van der Waals surface area (Å²) in [4.78, 5) is 0.347. The van der Waals surface area contributed by atoms with Gasteiger partial charge in [0.05, 0.1) is 4.90 Å². The van der Waals surface area contributed by atoms with Crippen molar-refractivity contribution in [2.24, 2.45) is 0 Å².